The lowest BCUT2D eigenvalue weighted by Crippen LogP contribution is -2.16. The van der Waals surface area contributed by atoms with E-state index in [9.17, 15) is 13.6 Å². The van der Waals surface area contributed by atoms with Crippen LogP contribution in [0.3, 0.4) is 0 Å². The van der Waals surface area contributed by atoms with Crippen LogP contribution < -0.4 is 10.1 Å². The van der Waals surface area contributed by atoms with E-state index in [1.807, 2.05) is 0 Å². The number of carbonyl (C=O) groups excluding carboxylic acids is 1. The van der Waals surface area contributed by atoms with Gasteiger partial charge in [0.05, 0.1) is 12.1 Å². The molecule has 0 heterocycles. The molecule has 2 aromatic rings. The molecule has 0 bridgehead atoms. The van der Waals surface area contributed by atoms with E-state index in [0.29, 0.717) is 11.4 Å². The van der Waals surface area contributed by atoms with E-state index in [4.69, 9.17) is 16.3 Å². The van der Waals surface area contributed by atoms with Gasteiger partial charge in [-0.05, 0) is 30.3 Å². The van der Waals surface area contributed by atoms with Crippen molar-refractivity contribution in [2.24, 2.45) is 0 Å². The van der Waals surface area contributed by atoms with Gasteiger partial charge in [0.2, 0.25) is 0 Å². The monoisotopic (exact) mass is 375 g/mol. The first-order valence-corrected chi connectivity index (χ1v) is 6.89. The Morgan fingerprint density at radius 1 is 1.24 bits per heavy atom. The molecule has 0 spiro atoms. The number of nitrogens with one attached hydrogen (secondary N) is 1. The normalized spacial score (nSPS) is 10.3. The third kappa shape index (κ3) is 3.51. The van der Waals surface area contributed by atoms with Crippen molar-refractivity contribution in [3.05, 3.63) is 57.0 Å². The molecule has 2 rings (SSSR count). The Kier molecular flexibility index (Phi) is 4.80. The lowest BCUT2D eigenvalue weighted by molar-refractivity contribution is 0.101. The van der Waals surface area contributed by atoms with Gasteiger partial charge in [0.25, 0.3) is 5.91 Å². The molecule has 0 aliphatic rings. The molecule has 2 aromatic carbocycles. The minimum Gasteiger partial charge on any atom is -0.495 e. The Hall–Kier alpha value is -1.66. The van der Waals surface area contributed by atoms with E-state index in [1.165, 1.54) is 25.3 Å². The molecule has 0 unspecified atom stereocenters. The number of ether oxygens (including phenoxy) is 1. The number of hydrogen-bond acceptors (Lipinski definition) is 2. The number of anilines is 1. The lowest BCUT2D eigenvalue weighted by Gasteiger charge is -2.09. The summed E-state index contributed by atoms with van der Waals surface area (Å²) in [6.07, 6.45) is 0. The van der Waals surface area contributed by atoms with E-state index < -0.39 is 23.1 Å². The number of rotatable bonds is 3. The van der Waals surface area contributed by atoms with Crippen LogP contribution in [0.1, 0.15) is 10.4 Å². The van der Waals surface area contributed by atoms with Crippen molar-refractivity contribution in [2.45, 2.75) is 0 Å². The van der Waals surface area contributed by atoms with Crippen molar-refractivity contribution < 1.29 is 18.3 Å². The van der Waals surface area contributed by atoms with Crippen molar-refractivity contribution in [3.8, 4) is 5.75 Å². The molecule has 0 saturated heterocycles. The highest BCUT2D eigenvalue weighted by Gasteiger charge is 2.18. The molecule has 110 valence electrons. The van der Waals surface area contributed by atoms with Crippen molar-refractivity contribution in [1.82, 2.24) is 0 Å². The quantitative estimate of drug-likeness (QED) is 0.847. The first-order valence-electron chi connectivity index (χ1n) is 5.72. The van der Waals surface area contributed by atoms with Gasteiger partial charge >= 0.3 is 0 Å². The number of halogens is 4. The minimum atomic E-state index is -0.959. The first-order chi connectivity index (χ1) is 9.92. The van der Waals surface area contributed by atoms with Gasteiger partial charge in [-0.25, -0.2) is 8.78 Å². The van der Waals surface area contributed by atoms with Crippen LogP contribution in [0.4, 0.5) is 14.5 Å². The molecule has 0 fully saturated rings. The Balaban J connectivity index is 2.28. The van der Waals surface area contributed by atoms with Gasteiger partial charge in [0.1, 0.15) is 22.9 Å². The zero-order chi connectivity index (χ0) is 15.6. The number of hydrogen-bond donors (Lipinski definition) is 1. The van der Waals surface area contributed by atoms with Crippen molar-refractivity contribution in [2.75, 3.05) is 12.4 Å². The maximum atomic E-state index is 13.7. The fraction of sp³-hybridized carbons (Fsp3) is 0.0714. The number of benzene rings is 2. The maximum absolute atomic E-state index is 13.7. The average molecular weight is 377 g/mol. The summed E-state index contributed by atoms with van der Waals surface area (Å²) in [5, 5.41) is 2.65. The summed E-state index contributed by atoms with van der Waals surface area (Å²) < 4.78 is 32.6. The van der Waals surface area contributed by atoms with Gasteiger partial charge in [0, 0.05) is 10.2 Å². The summed E-state index contributed by atoms with van der Waals surface area (Å²) in [5.41, 5.74) is -0.363. The molecule has 3 nitrogen and oxygen atoms in total. The van der Waals surface area contributed by atoms with E-state index in [2.05, 4.69) is 21.2 Å². The molecule has 1 amide bonds. The van der Waals surface area contributed by atoms with Crippen LogP contribution in [0.2, 0.25) is 5.02 Å². The van der Waals surface area contributed by atoms with Crippen LogP contribution >= 0.6 is 27.5 Å². The van der Waals surface area contributed by atoms with Gasteiger partial charge in [0.15, 0.2) is 0 Å². The highest BCUT2D eigenvalue weighted by Crippen LogP contribution is 2.28. The van der Waals surface area contributed by atoms with Crippen LogP contribution in [0, 0.1) is 11.6 Å². The summed E-state index contributed by atoms with van der Waals surface area (Å²) in [4.78, 5) is 12.0. The standard InChI is InChI=1S/C14H9BrClF2NO2/c1-21-12-3-2-8(6-9(12)16)19-14(20)13-10(17)4-7(15)5-11(13)18/h2-6H,1H3,(H,19,20). The second-order valence-electron chi connectivity index (χ2n) is 4.05. The van der Waals surface area contributed by atoms with Crippen molar-refractivity contribution in [1.29, 1.82) is 0 Å². The average Bonchev–Trinajstić information content (AvgIpc) is 2.37. The third-order valence-electron chi connectivity index (χ3n) is 2.64. The van der Waals surface area contributed by atoms with Crippen molar-refractivity contribution >= 4 is 39.1 Å². The second kappa shape index (κ2) is 6.41. The van der Waals surface area contributed by atoms with Gasteiger partial charge in [-0.1, -0.05) is 27.5 Å². The predicted octanol–water partition coefficient (Wildman–Crippen LogP) is 4.64. The van der Waals surface area contributed by atoms with Crippen LogP contribution in [-0.2, 0) is 0 Å². The van der Waals surface area contributed by atoms with E-state index in [-0.39, 0.29) is 9.50 Å². The van der Waals surface area contributed by atoms with E-state index in [0.717, 1.165) is 12.1 Å². The highest BCUT2D eigenvalue weighted by atomic mass is 79.9. The van der Waals surface area contributed by atoms with E-state index >= 15 is 0 Å². The fourth-order valence-electron chi connectivity index (χ4n) is 1.70. The summed E-state index contributed by atoms with van der Waals surface area (Å²) in [5.74, 6) is -2.40. The molecule has 7 heteroatoms. The number of carbonyl (C=O) groups is 1. The van der Waals surface area contributed by atoms with Crippen LogP contribution in [0.5, 0.6) is 5.75 Å². The van der Waals surface area contributed by atoms with Crippen LogP contribution in [0.15, 0.2) is 34.8 Å². The molecule has 0 aliphatic heterocycles. The number of methoxy groups -OCH3 is 1. The molecule has 0 atom stereocenters. The largest absolute Gasteiger partial charge is 0.495 e. The Morgan fingerprint density at radius 3 is 2.38 bits per heavy atom. The fourth-order valence-corrected chi connectivity index (χ4v) is 2.36. The summed E-state index contributed by atoms with van der Waals surface area (Å²) in [6, 6.07) is 6.49. The van der Waals surface area contributed by atoms with Gasteiger partial charge in [-0.3, -0.25) is 4.79 Å². The molecule has 1 N–H and O–H groups in total. The minimum absolute atomic E-state index is 0.210. The molecule has 0 aromatic heterocycles. The summed E-state index contributed by atoms with van der Waals surface area (Å²) >= 11 is 8.86. The zero-order valence-corrected chi connectivity index (χ0v) is 13.1. The molecular formula is C14H9BrClF2NO2. The topological polar surface area (TPSA) is 38.3 Å². The summed E-state index contributed by atoms with van der Waals surface area (Å²) in [6.45, 7) is 0. The molecule has 0 aliphatic carbocycles. The highest BCUT2D eigenvalue weighted by molar-refractivity contribution is 9.10. The van der Waals surface area contributed by atoms with Crippen molar-refractivity contribution in [3.63, 3.8) is 0 Å². The summed E-state index contributed by atoms with van der Waals surface area (Å²) in [7, 11) is 1.45. The van der Waals surface area contributed by atoms with Crippen LogP contribution in [0.25, 0.3) is 0 Å². The Bertz CT molecular complexity index is 686. The SMILES string of the molecule is COc1ccc(NC(=O)c2c(F)cc(Br)cc2F)cc1Cl. The molecule has 0 radical (unpaired) electrons. The molecular weight excluding hydrogens is 368 g/mol. The molecule has 21 heavy (non-hydrogen) atoms. The van der Waals surface area contributed by atoms with E-state index in [1.54, 1.807) is 0 Å². The maximum Gasteiger partial charge on any atom is 0.261 e. The van der Waals surface area contributed by atoms with Gasteiger partial charge < -0.3 is 10.1 Å². The Labute approximate surface area is 133 Å². The third-order valence-corrected chi connectivity index (χ3v) is 3.40. The molecule has 0 saturated carbocycles. The predicted molar refractivity (Wildman–Crippen MR) is 80.0 cm³/mol. The smallest absolute Gasteiger partial charge is 0.261 e. The Morgan fingerprint density at radius 2 is 1.86 bits per heavy atom. The van der Waals surface area contributed by atoms with Crippen LogP contribution in [-0.4, -0.2) is 13.0 Å². The van der Waals surface area contributed by atoms with Gasteiger partial charge in [-0.2, -0.15) is 0 Å². The van der Waals surface area contributed by atoms with Gasteiger partial charge in [-0.15, -0.1) is 0 Å². The first kappa shape index (κ1) is 15.7. The number of amides is 1. The second-order valence-corrected chi connectivity index (χ2v) is 5.37. The zero-order valence-electron chi connectivity index (χ0n) is 10.7. The lowest BCUT2D eigenvalue weighted by atomic mass is 10.1.